The molecule has 2 aromatic rings. The maximum absolute atomic E-state index is 13.1. The van der Waals surface area contributed by atoms with E-state index >= 15 is 0 Å². The molecule has 0 aliphatic heterocycles. The molecule has 0 saturated heterocycles. The van der Waals surface area contributed by atoms with Gasteiger partial charge in [-0.2, -0.15) is 0 Å². The van der Waals surface area contributed by atoms with Gasteiger partial charge in [-0.05, 0) is 18.1 Å². The summed E-state index contributed by atoms with van der Waals surface area (Å²) in [6, 6.07) is 1.92. The highest BCUT2D eigenvalue weighted by atomic mass is 32.1. The van der Waals surface area contributed by atoms with E-state index in [0.29, 0.717) is 5.01 Å². The molecular formula is C12H10F3NS. The highest BCUT2D eigenvalue weighted by molar-refractivity contribution is 7.13. The Labute approximate surface area is 101 Å². The first-order valence-corrected chi connectivity index (χ1v) is 5.97. The Morgan fingerprint density at radius 3 is 2.18 bits per heavy atom. The van der Waals surface area contributed by atoms with Crippen LogP contribution in [0.1, 0.15) is 25.5 Å². The number of nitrogens with zero attached hydrogens (tertiary/aromatic N) is 1. The van der Waals surface area contributed by atoms with Crippen LogP contribution < -0.4 is 0 Å². The second kappa shape index (κ2) is 4.49. The predicted molar refractivity (Wildman–Crippen MR) is 61.5 cm³/mol. The summed E-state index contributed by atoms with van der Waals surface area (Å²) >= 11 is 1.29. The van der Waals surface area contributed by atoms with Gasteiger partial charge < -0.3 is 0 Å². The van der Waals surface area contributed by atoms with Gasteiger partial charge in [0, 0.05) is 10.9 Å². The molecule has 5 heteroatoms. The van der Waals surface area contributed by atoms with Crippen molar-refractivity contribution in [2.24, 2.45) is 0 Å². The number of aromatic nitrogens is 1. The molecule has 90 valence electrons. The normalized spacial score (nSPS) is 11.2. The molecule has 0 spiro atoms. The quantitative estimate of drug-likeness (QED) is 0.729. The highest BCUT2D eigenvalue weighted by Gasteiger charge is 2.14. The molecule has 1 nitrogen and oxygen atoms in total. The van der Waals surface area contributed by atoms with Crippen LogP contribution in [-0.2, 0) is 0 Å². The first-order chi connectivity index (χ1) is 7.99. The molecule has 1 heterocycles. The lowest BCUT2D eigenvalue weighted by Crippen LogP contribution is -1.92. The van der Waals surface area contributed by atoms with Crippen molar-refractivity contribution in [3.63, 3.8) is 0 Å². The van der Waals surface area contributed by atoms with E-state index in [2.05, 4.69) is 4.98 Å². The monoisotopic (exact) mass is 257 g/mol. The third kappa shape index (κ3) is 2.34. The fraction of sp³-hybridized carbons (Fsp3) is 0.250. The lowest BCUT2D eigenvalue weighted by molar-refractivity contribution is 0.447. The van der Waals surface area contributed by atoms with Gasteiger partial charge in [-0.25, -0.2) is 18.2 Å². The van der Waals surface area contributed by atoms with Gasteiger partial charge in [0.1, 0.15) is 5.01 Å². The summed E-state index contributed by atoms with van der Waals surface area (Å²) in [5.41, 5.74) is 1.12. The van der Waals surface area contributed by atoms with Crippen molar-refractivity contribution in [3.05, 3.63) is 40.7 Å². The van der Waals surface area contributed by atoms with E-state index in [1.807, 2.05) is 19.2 Å². The largest absolute Gasteiger partial charge is 0.241 e. The summed E-state index contributed by atoms with van der Waals surface area (Å²) in [5.74, 6) is -3.59. The zero-order chi connectivity index (χ0) is 12.6. The molecule has 0 amide bonds. The average molecular weight is 257 g/mol. The van der Waals surface area contributed by atoms with E-state index < -0.39 is 17.5 Å². The van der Waals surface area contributed by atoms with Crippen molar-refractivity contribution in [2.45, 2.75) is 19.8 Å². The molecule has 0 radical (unpaired) electrons. The van der Waals surface area contributed by atoms with Gasteiger partial charge in [0.2, 0.25) is 0 Å². The number of hydrogen-bond acceptors (Lipinski definition) is 2. The molecule has 1 aromatic carbocycles. The fourth-order valence-corrected chi connectivity index (χ4v) is 2.33. The summed E-state index contributed by atoms with van der Waals surface area (Å²) < 4.78 is 38.9. The predicted octanol–water partition coefficient (Wildman–Crippen LogP) is 4.35. The zero-order valence-corrected chi connectivity index (χ0v) is 10.1. The van der Waals surface area contributed by atoms with Crippen LogP contribution in [0.15, 0.2) is 17.5 Å². The van der Waals surface area contributed by atoms with E-state index in [1.54, 1.807) is 0 Å². The van der Waals surface area contributed by atoms with Crippen molar-refractivity contribution in [3.8, 4) is 10.6 Å². The Hall–Kier alpha value is -1.36. The van der Waals surface area contributed by atoms with Gasteiger partial charge in [0.25, 0.3) is 0 Å². The molecule has 17 heavy (non-hydrogen) atoms. The van der Waals surface area contributed by atoms with E-state index in [9.17, 15) is 13.2 Å². The van der Waals surface area contributed by atoms with Gasteiger partial charge in [0.05, 0.1) is 5.69 Å². The van der Waals surface area contributed by atoms with E-state index in [0.717, 1.165) is 17.8 Å². The van der Waals surface area contributed by atoms with Crippen LogP contribution >= 0.6 is 11.3 Å². The van der Waals surface area contributed by atoms with Crippen LogP contribution in [-0.4, -0.2) is 4.98 Å². The number of thiazole rings is 1. The van der Waals surface area contributed by atoms with Gasteiger partial charge in [-0.15, -0.1) is 11.3 Å². The molecule has 0 atom stereocenters. The SMILES string of the molecule is CC(C)c1csc(-c2cc(F)c(F)c(F)c2)n1. The summed E-state index contributed by atoms with van der Waals surface area (Å²) in [5, 5.41) is 2.32. The summed E-state index contributed by atoms with van der Waals surface area (Å²) in [4.78, 5) is 4.25. The van der Waals surface area contributed by atoms with E-state index in [-0.39, 0.29) is 11.5 Å². The molecule has 0 fully saturated rings. The van der Waals surface area contributed by atoms with Crippen LogP contribution in [0.3, 0.4) is 0 Å². The first-order valence-electron chi connectivity index (χ1n) is 5.09. The molecule has 2 rings (SSSR count). The summed E-state index contributed by atoms with van der Waals surface area (Å²) in [7, 11) is 0. The van der Waals surface area contributed by atoms with E-state index in [1.165, 1.54) is 11.3 Å². The van der Waals surface area contributed by atoms with Crippen molar-refractivity contribution >= 4 is 11.3 Å². The third-order valence-corrected chi connectivity index (χ3v) is 3.25. The lowest BCUT2D eigenvalue weighted by Gasteiger charge is -2.00. The average Bonchev–Trinajstić information content (AvgIpc) is 2.74. The van der Waals surface area contributed by atoms with Crippen LogP contribution in [0.2, 0.25) is 0 Å². The first kappa shape index (κ1) is 12.1. The molecule has 0 aliphatic carbocycles. The Morgan fingerprint density at radius 2 is 1.71 bits per heavy atom. The Balaban J connectivity index is 2.46. The second-order valence-electron chi connectivity index (χ2n) is 3.99. The maximum Gasteiger partial charge on any atom is 0.194 e. The van der Waals surface area contributed by atoms with Crippen LogP contribution in [0.25, 0.3) is 10.6 Å². The van der Waals surface area contributed by atoms with E-state index in [4.69, 9.17) is 0 Å². The molecule has 0 N–H and O–H groups in total. The molecule has 0 unspecified atom stereocenters. The Kier molecular flexibility index (Phi) is 3.19. The molecule has 0 bridgehead atoms. The Morgan fingerprint density at radius 1 is 1.12 bits per heavy atom. The van der Waals surface area contributed by atoms with Crippen molar-refractivity contribution < 1.29 is 13.2 Å². The maximum atomic E-state index is 13.1. The molecule has 1 aromatic heterocycles. The number of halogens is 3. The minimum Gasteiger partial charge on any atom is -0.241 e. The van der Waals surface area contributed by atoms with Gasteiger partial charge >= 0.3 is 0 Å². The van der Waals surface area contributed by atoms with Crippen LogP contribution in [0.4, 0.5) is 13.2 Å². The van der Waals surface area contributed by atoms with Gasteiger partial charge in [-0.1, -0.05) is 13.8 Å². The smallest absolute Gasteiger partial charge is 0.194 e. The molecule has 0 aliphatic rings. The summed E-state index contributed by atoms with van der Waals surface area (Å²) in [6.07, 6.45) is 0. The lowest BCUT2D eigenvalue weighted by atomic mass is 10.1. The third-order valence-electron chi connectivity index (χ3n) is 2.34. The van der Waals surface area contributed by atoms with Crippen LogP contribution in [0, 0.1) is 17.5 Å². The zero-order valence-electron chi connectivity index (χ0n) is 9.30. The topological polar surface area (TPSA) is 12.9 Å². The number of hydrogen-bond donors (Lipinski definition) is 0. The van der Waals surface area contributed by atoms with Crippen molar-refractivity contribution in [2.75, 3.05) is 0 Å². The van der Waals surface area contributed by atoms with Crippen molar-refractivity contribution in [1.29, 1.82) is 0 Å². The highest BCUT2D eigenvalue weighted by Crippen LogP contribution is 2.28. The Bertz CT molecular complexity index is 525. The molecular weight excluding hydrogens is 247 g/mol. The second-order valence-corrected chi connectivity index (χ2v) is 4.84. The number of rotatable bonds is 2. The summed E-state index contributed by atoms with van der Waals surface area (Å²) in [6.45, 7) is 3.95. The minimum atomic E-state index is -1.45. The minimum absolute atomic E-state index is 0.246. The van der Waals surface area contributed by atoms with Crippen molar-refractivity contribution in [1.82, 2.24) is 4.98 Å². The fourth-order valence-electron chi connectivity index (χ4n) is 1.36. The molecule has 0 saturated carbocycles. The standard InChI is InChI=1S/C12H10F3NS/c1-6(2)10-5-17-12(16-10)7-3-8(13)11(15)9(14)4-7/h3-6H,1-2H3. The van der Waals surface area contributed by atoms with Crippen LogP contribution in [0.5, 0.6) is 0 Å². The van der Waals surface area contributed by atoms with Gasteiger partial charge in [-0.3, -0.25) is 0 Å². The number of benzene rings is 1. The van der Waals surface area contributed by atoms with Gasteiger partial charge in [0.15, 0.2) is 17.5 Å².